The zero-order valence-electron chi connectivity index (χ0n) is 15.3. The van der Waals surface area contributed by atoms with E-state index in [0.717, 1.165) is 5.39 Å². The first kappa shape index (κ1) is 18.7. The second-order valence-electron chi connectivity index (χ2n) is 6.61. The van der Waals surface area contributed by atoms with Crippen LogP contribution in [-0.4, -0.2) is 34.3 Å². The van der Waals surface area contributed by atoms with Gasteiger partial charge in [0.15, 0.2) is 5.88 Å². The zero-order chi connectivity index (χ0) is 20.6. The van der Waals surface area contributed by atoms with Crippen LogP contribution >= 0.6 is 11.6 Å². The van der Waals surface area contributed by atoms with E-state index in [1.807, 2.05) is 0 Å². The topological polar surface area (TPSA) is 92.6 Å². The monoisotopic (exact) mass is 409 g/mol. The van der Waals surface area contributed by atoms with Crippen molar-refractivity contribution >= 4 is 34.3 Å². The van der Waals surface area contributed by atoms with Crippen molar-refractivity contribution in [2.24, 2.45) is 0 Å². The van der Waals surface area contributed by atoms with Crippen molar-refractivity contribution in [1.29, 1.82) is 0 Å². The van der Waals surface area contributed by atoms with E-state index < -0.39 is 17.5 Å². The maximum absolute atomic E-state index is 12.6. The molecule has 0 aliphatic carbocycles. The summed E-state index contributed by atoms with van der Waals surface area (Å²) >= 11 is 5.98. The summed E-state index contributed by atoms with van der Waals surface area (Å²) in [6.45, 7) is -0.0824. The van der Waals surface area contributed by atoms with Gasteiger partial charge in [0, 0.05) is 27.6 Å². The van der Waals surface area contributed by atoms with Crippen molar-refractivity contribution in [3.63, 3.8) is 0 Å². The molecule has 0 bridgehead atoms. The lowest BCUT2D eigenvalue weighted by molar-refractivity contribution is -0.122. The minimum atomic E-state index is -1.55. The third-order valence-electron chi connectivity index (χ3n) is 4.66. The maximum atomic E-state index is 12.6. The Labute approximate surface area is 171 Å². The van der Waals surface area contributed by atoms with E-state index in [1.165, 1.54) is 11.7 Å². The number of hydrogen-bond donors (Lipinski definition) is 3. The van der Waals surface area contributed by atoms with Gasteiger partial charge in [0.25, 0.3) is 5.91 Å². The van der Waals surface area contributed by atoms with Gasteiger partial charge in [-0.15, -0.1) is 0 Å². The van der Waals surface area contributed by atoms with Gasteiger partial charge in [-0.05, 0) is 36.4 Å². The number of ether oxygens (including phenoxy) is 1. The molecule has 7 nitrogen and oxygen atoms in total. The highest BCUT2D eigenvalue weighted by Gasteiger charge is 2.46. The molecule has 1 aliphatic rings. The highest BCUT2D eigenvalue weighted by Crippen LogP contribution is 2.32. The summed E-state index contributed by atoms with van der Waals surface area (Å²) in [4.78, 5) is 24.4. The Bertz CT molecular complexity index is 1210. The average molecular weight is 410 g/mol. The average Bonchev–Trinajstić information content (AvgIpc) is 3.15. The fraction of sp³-hybridized carbons (Fsp3) is 0.143. The van der Waals surface area contributed by atoms with Crippen LogP contribution in [0.4, 0.5) is 4.79 Å². The molecule has 1 saturated heterocycles. The van der Waals surface area contributed by atoms with Gasteiger partial charge in [-0.1, -0.05) is 29.5 Å². The molecule has 1 atom stereocenters. The summed E-state index contributed by atoms with van der Waals surface area (Å²) in [5.74, 6) is 5.68. The Morgan fingerprint density at radius 2 is 2.07 bits per heavy atom. The molecule has 1 fully saturated rings. The smallest absolute Gasteiger partial charge is 0.323 e. The number of carbonyl (C=O) groups excluding carboxylic acids is 2. The number of aromatic hydroxyl groups is 1. The Morgan fingerprint density at radius 1 is 1.24 bits per heavy atom. The van der Waals surface area contributed by atoms with Crippen LogP contribution in [0.25, 0.3) is 10.8 Å². The summed E-state index contributed by atoms with van der Waals surface area (Å²) in [7, 11) is 1.54. The van der Waals surface area contributed by atoms with Gasteiger partial charge < -0.3 is 19.7 Å². The Hall–Kier alpha value is -3.63. The van der Waals surface area contributed by atoms with Gasteiger partial charge in [0.2, 0.25) is 5.54 Å². The van der Waals surface area contributed by atoms with Crippen molar-refractivity contribution in [2.75, 3.05) is 7.11 Å². The number of hydrogen-bond acceptors (Lipinski definition) is 4. The van der Waals surface area contributed by atoms with Crippen LogP contribution in [0.1, 0.15) is 5.56 Å². The third kappa shape index (κ3) is 3.46. The standard InChI is InChI=1S/C21H16ClN3O4/c1-29-16-6-5-14-11-25(18(26)17(14)10-16)12-21(19(27)23-20(28)24-21)8-7-13-3-2-4-15(22)9-13/h2-6,9-11,26H,12H2,1H3,(H2,23,24,27,28)/t21-/m1/s1. The van der Waals surface area contributed by atoms with E-state index in [4.69, 9.17) is 16.3 Å². The van der Waals surface area contributed by atoms with E-state index in [0.29, 0.717) is 21.7 Å². The number of aromatic nitrogens is 1. The number of imide groups is 1. The first-order chi connectivity index (χ1) is 13.9. The number of urea groups is 1. The lowest BCUT2D eigenvalue weighted by Gasteiger charge is -2.20. The van der Waals surface area contributed by atoms with Crippen LogP contribution in [0.5, 0.6) is 11.6 Å². The van der Waals surface area contributed by atoms with E-state index in [1.54, 1.807) is 48.7 Å². The number of halogens is 1. The van der Waals surface area contributed by atoms with Crippen molar-refractivity contribution in [3.8, 4) is 23.5 Å². The van der Waals surface area contributed by atoms with E-state index >= 15 is 0 Å². The van der Waals surface area contributed by atoms with E-state index in [2.05, 4.69) is 22.5 Å². The molecule has 4 rings (SSSR count). The molecule has 2 heterocycles. The molecular weight excluding hydrogens is 394 g/mol. The molecule has 1 aromatic heterocycles. The van der Waals surface area contributed by atoms with Crippen molar-refractivity contribution in [2.45, 2.75) is 12.1 Å². The number of nitrogens with zero attached hydrogens (tertiary/aromatic N) is 1. The summed E-state index contributed by atoms with van der Waals surface area (Å²) in [5.41, 5.74) is -0.951. The van der Waals surface area contributed by atoms with Crippen molar-refractivity contribution in [3.05, 3.63) is 59.2 Å². The second-order valence-corrected chi connectivity index (χ2v) is 7.04. The Balaban J connectivity index is 1.76. The zero-order valence-corrected chi connectivity index (χ0v) is 16.1. The molecular formula is C21H16ClN3O4. The fourth-order valence-electron chi connectivity index (χ4n) is 3.20. The number of rotatable bonds is 3. The van der Waals surface area contributed by atoms with Crippen LogP contribution in [0.2, 0.25) is 5.02 Å². The van der Waals surface area contributed by atoms with Crippen LogP contribution in [-0.2, 0) is 11.3 Å². The normalized spacial score (nSPS) is 18.1. The SMILES string of the molecule is COc1ccc2cn(C[C@@]3(C#Cc4cccc(Cl)c4)NC(=O)NC3=O)c(O)c2c1. The molecule has 146 valence electrons. The van der Waals surface area contributed by atoms with Crippen LogP contribution in [0.3, 0.4) is 0 Å². The molecule has 0 radical (unpaired) electrons. The van der Waals surface area contributed by atoms with Crippen LogP contribution < -0.4 is 15.4 Å². The molecule has 3 amide bonds. The largest absolute Gasteiger partial charge is 0.497 e. The predicted octanol–water partition coefficient (Wildman–Crippen LogP) is 2.64. The molecule has 3 aromatic rings. The van der Waals surface area contributed by atoms with Gasteiger partial charge in [0.1, 0.15) is 5.75 Å². The maximum Gasteiger partial charge on any atom is 0.323 e. The highest BCUT2D eigenvalue weighted by atomic mass is 35.5. The summed E-state index contributed by atoms with van der Waals surface area (Å²) < 4.78 is 6.67. The molecule has 1 aliphatic heterocycles. The second kappa shape index (κ2) is 7.08. The number of benzene rings is 2. The minimum Gasteiger partial charge on any atom is -0.497 e. The fourth-order valence-corrected chi connectivity index (χ4v) is 3.39. The highest BCUT2D eigenvalue weighted by molar-refractivity contribution is 6.30. The van der Waals surface area contributed by atoms with Gasteiger partial charge in [-0.25, -0.2) is 4.79 Å². The first-order valence-corrected chi connectivity index (χ1v) is 9.06. The molecule has 29 heavy (non-hydrogen) atoms. The molecule has 8 heteroatoms. The Morgan fingerprint density at radius 3 is 2.76 bits per heavy atom. The molecule has 2 aromatic carbocycles. The minimum absolute atomic E-state index is 0.0585. The van der Waals surface area contributed by atoms with Gasteiger partial charge in [-0.2, -0.15) is 0 Å². The summed E-state index contributed by atoms with van der Waals surface area (Å²) in [6, 6.07) is 11.5. The number of fused-ring (bicyclic) bond motifs is 1. The molecule has 0 unspecified atom stereocenters. The molecule has 3 N–H and O–H groups in total. The predicted molar refractivity (Wildman–Crippen MR) is 108 cm³/mol. The number of methoxy groups -OCH3 is 1. The van der Waals surface area contributed by atoms with Gasteiger partial charge >= 0.3 is 6.03 Å². The first-order valence-electron chi connectivity index (χ1n) is 8.68. The number of carbonyl (C=O) groups is 2. The van der Waals surface area contributed by atoms with Crippen molar-refractivity contribution < 1.29 is 19.4 Å². The summed E-state index contributed by atoms with van der Waals surface area (Å²) in [6.07, 6.45) is 1.69. The summed E-state index contributed by atoms with van der Waals surface area (Å²) in [5, 5.41) is 17.3. The third-order valence-corrected chi connectivity index (χ3v) is 4.90. The van der Waals surface area contributed by atoms with E-state index in [9.17, 15) is 14.7 Å². The lowest BCUT2D eigenvalue weighted by atomic mass is 10.00. The molecule has 0 spiro atoms. The van der Waals surface area contributed by atoms with Crippen LogP contribution in [0.15, 0.2) is 48.7 Å². The lowest BCUT2D eigenvalue weighted by Crippen LogP contribution is -2.49. The number of nitrogens with one attached hydrogen (secondary N) is 2. The van der Waals surface area contributed by atoms with Crippen molar-refractivity contribution in [1.82, 2.24) is 15.2 Å². The van der Waals surface area contributed by atoms with Gasteiger partial charge in [-0.3, -0.25) is 10.1 Å². The van der Waals surface area contributed by atoms with Crippen LogP contribution in [0, 0.1) is 11.8 Å². The quantitative estimate of drug-likeness (QED) is 0.458. The van der Waals surface area contributed by atoms with E-state index in [-0.39, 0.29) is 12.4 Å². The molecule has 0 saturated carbocycles. The number of amides is 3. The Kier molecular flexibility index (Phi) is 4.57. The van der Waals surface area contributed by atoms with Gasteiger partial charge in [0.05, 0.1) is 13.7 Å².